The molecule has 1 saturated carbocycles. The van der Waals surface area contributed by atoms with Crippen LogP contribution in [-0.2, 0) is 9.53 Å². The van der Waals surface area contributed by atoms with Crippen LogP contribution in [0.1, 0.15) is 52.9 Å². The van der Waals surface area contributed by atoms with Gasteiger partial charge in [-0.15, -0.1) is 0 Å². The summed E-state index contributed by atoms with van der Waals surface area (Å²) >= 11 is 0. The first-order valence-corrected chi connectivity index (χ1v) is 7.33. The number of rotatable bonds is 3. The summed E-state index contributed by atoms with van der Waals surface area (Å²) in [7, 11) is 0. The first-order valence-electron chi connectivity index (χ1n) is 7.33. The Bertz CT molecular complexity index is 416. The smallest absolute Gasteiger partial charge is 0.232 e. The third-order valence-corrected chi connectivity index (χ3v) is 4.59. The van der Waals surface area contributed by atoms with Crippen LogP contribution in [0.15, 0.2) is 23.6 Å². The summed E-state index contributed by atoms with van der Waals surface area (Å²) in [6.07, 6.45) is 5.62. The predicted octanol–water partition coefficient (Wildman–Crippen LogP) is 3.62. The molecule has 3 nitrogen and oxygen atoms in total. The molecule has 0 radical (unpaired) electrons. The van der Waals surface area contributed by atoms with Crippen LogP contribution in [0.4, 0.5) is 0 Å². The molecular formula is C16H25NO2. The fourth-order valence-electron chi connectivity index (χ4n) is 3.14. The van der Waals surface area contributed by atoms with Crippen molar-refractivity contribution in [2.75, 3.05) is 13.2 Å². The van der Waals surface area contributed by atoms with E-state index < -0.39 is 0 Å². The van der Waals surface area contributed by atoms with Gasteiger partial charge in [-0.25, -0.2) is 0 Å². The van der Waals surface area contributed by atoms with Gasteiger partial charge in [0.25, 0.3) is 0 Å². The zero-order valence-electron chi connectivity index (χ0n) is 12.4. The molecule has 0 N–H and O–H groups in total. The zero-order chi connectivity index (χ0) is 14.0. The van der Waals surface area contributed by atoms with Gasteiger partial charge in [0.1, 0.15) is 12.4 Å². The highest BCUT2D eigenvalue weighted by molar-refractivity contribution is 5.84. The van der Waals surface area contributed by atoms with Crippen LogP contribution in [0.25, 0.3) is 0 Å². The molecule has 106 valence electrons. The highest BCUT2D eigenvalue weighted by Crippen LogP contribution is 2.39. The van der Waals surface area contributed by atoms with E-state index >= 15 is 0 Å². The van der Waals surface area contributed by atoms with E-state index in [0.717, 1.165) is 24.1 Å². The first kappa shape index (κ1) is 14.2. The molecule has 0 atom stereocenters. The van der Waals surface area contributed by atoms with E-state index in [1.54, 1.807) is 0 Å². The molecule has 3 heteroatoms. The normalized spacial score (nSPS) is 22.4. The molecule has 19 heavy (non-hydrogen) atoms. The minimum absolute atomic E-state index is 0.189. The Hall–Kier alpha value is -1.25. The van der Waals surface area contributed by atoms with Crippen LogP contribution in [0.5, 0.6) is 0 Å². The lowest BCUT2D eigenvalue weighted by molar-refractivity contribution is -0.141. The lowest BCUT2D eigenvalue weighted by atomic mass is 9.74. The highest BCUT2D eigenvalue weighted by Gasteiger charge is 2.39. The van der Waals surface area contributed by atoms with Crippen molar-refractivity contribution in [3.63, 3.8) is 0 Å². The Morgan fingerprint density at radius 2 is 2.00 bits per heavy atom. The van der Waals surface area contributed by atoms with Crippen LogP contribution in [0.3, 0.4) is 0 Å². The quantitative estimate of drug-likeness (QED) is 0.778. The van der Waals surface area contributed by atoms with Gasteiger partial charge in [-0.3, -0.25) is 4.79 Å². The van der Waals surface area contributed by atoms with E-state index in [9.17, 15) is 4.79 Å². The van der Waals surface area contributed by atoms with Crippen molar-refractivity contribution >= 4 is 5.91 Å². The lowest BCUT2D eigenvalue weighted by Crippen LogP contribution is -2.43. The Morgan fingerprint density at radius 3 is 2.47 bits per heavy atom. The van der Waals surface area contributed by atoms with Crippen molar-refractivity contribution in [3.8, 4) is 0 Å². The highest BCUT2D eigenvalue weighted by atomic mass is 16.5. The monoisotopic (exact) mass is 263 g/mol. The van der Waals surface area contributed by atoms with E-state index in [4.69, 9.17) is 4.74 Å². The average molecular weight is 263 g/mol. The molecule has 2 aliphatic rings. The summed E-state index contributed by atoms with van der Waals surface area (Å²) in [5.41, 5.74) is 1.84. The molecule has 0 bridgehead atoms. The SMILES string of the molecule is C=C1OCC(N(CC)C(=O)C2(C)CCCCC2)=C1C. The van der Waals surface area contributed by atoms with E-state index in [1.165, 1.54) is 19.3 Å². The van der Waals surface area contributed by atoms with Gasteiger partial charge >= 0.3 is 0 Å². The van der Waals surface area contributed by atoms with Gasteiger partial charge in [-0.05, 0) is 26.7 Å². The van der Waals surface area contributed by atoms with Crippen molar-refractivity contribution in [1.82, 2.24) is 4.90 Å². The fraction of sp³-hybridized carbons (Fsp3) is 0.688. The molecular weight excluding hydrogens is 238 g/mol. The number of hydrogen-bond acceptors (Lipinski definition) is 2. The van der Waals surface area contributed by atoms with Gasteiger partial charge in [0.15, 0.2) is 0 Å². The van der Waals surface area contributed by atoms with Crippen LogP contribution in [0, 0.1) is 5.41 Å². The van der Waals surface area contributed by atoms with Gasteiger partial charge in [0.2, 0.25) is 5.91 Å². The molecule has 0 aromatic carbocycles. The Morgan fingerprint density at radius 1 is 1.37 bits per heavy atom. The van der Waals surface area contributed by atoms with Gasteiger partial charge < -0.3 is 9.64 Å². The number of likely N-dealkylation sites (N-methyl/N-ethyl adjacent to an activating group) is 1. The van der Waals surface area contributed by atoms with Crippen LogP contribution >= 0.6 is 0 Å². The molecule has 1 heterocycles. The molecule has 1 amide bonds. The van der Waals surface area contributed by atoms with Gasteiger partial charge in [-0.2, -0.15) is 0 Å². The van der Waals surface area contributed by atoms with E-state index in [0.29, 0.717) is 18.9 Å². The van der Waals surface area contributed by atoms with Crippen molar-refractivity contribution in [2.45, 2.75) is 52.9 Å². The standard InChI is InChI=1S/C16H25NO2/c1-5-17(14-11-19-13(3)12(14)2)15(18)16(4)9-7-6-8-10-16/h3,5-11H2,1-2,4H3. The van der Waals surface area contributed by atoms with Crippen molar-refractivity contribution in [3.05, 3.63) is 23.6 Å². The van der Waals surface area contributed by atoms with E-state index in [2.05, 4.69) is 13.5 Å². The largest absolute Gasteiger partial charge is 0.488 e. The maximum atomic E-state index is 12.9. The summed E-state index contributed by atoms with van der Waals surface area (Å²) in [5.74, 6) is 0.970. The summed E-state index contributed by atoms with van der Waals surface area (Å²) in [4.78, 5) is 14.8. The second-order valence-corrected chi connectivity index (χ2v) is 5.95. The Kier molecular flexibility index (Phi) is 4.02. The number of hydrogen-bond donors (Lipinski definition) is 0. The second-order valence-electron chi connectivity index (χ2n) is 5.95. The number of allylic oxidation sites excluding steroid dienone is 1. The van der Waals surface area contributed by atoms with Crippen molar-refractivity contribution < 1.29 is 9.53 Å². The minimum Gasteiger partial charge on any atom is -0.488 e. The number of nitrogens with zero attached hydrogens (tertiary/aromatic N) is 1. The molecule has 0 unspecified atom stereocenters. The topological polar surface area (TPSA) is 29.5 Å². The number of carbonyl (C=O) groups is 1. The van der Waals surface area contributed by atoms with Gasteiger partial charge in [-0.1, -0.05) is 32.8 Å². The molecule has 0 aromatic heterocycles. The summed E-state index contributed by atoms with van der Waals surface area (Å²) in [6, 6.07) is 0. The fourth-order valence-corrected chi connectivity index (χ4v) is 3.14. The third-order valence-electron chi connectivity index (χ3n) is 4.59. The summed E-state index contributed by atoms with van der Waals surface area (Å²) in [5, 5.41) is 0. The van der Waals surface area contributed by atoms with Crippen molar-refractivity contribution in [1.29, 1.82) is 0 Å². The third kappa shape index (κ3) is 2.56. The Balaban J connectivity index is 2.22. The molecule has 0 aromatic rings. The van der Waals surface area contributed by atoms with E-state index in [1.807, 2.05) is 18.7 Å². The molecule has 1 aliphatic carbocycles. The predicted molar refractivity (Wildman–Crippen MR) is 76.4 cm³/mol. The Labute approximate surface area is 116 Å². The molecule has 2 rings (SSSR count). The number of carbonyl (C=O) groups excluding carboxylic acids is 1. The van der Waals surface area contributed by atoms with Crippen LogP contribution < -0.4 is 0 Å². The zero-order valence-corrected chi connectivity index (χ0v) is 12.4. The summed E-state index contributed by atoms with van der Waals surface area (Å²) < 4.78 is 5.47. The van der Waals surface area contributed by atoms with Gasteiger partial charge in [0, 0.05) is 17.5 Å². The number of ether oxygens (including phenoxy) is 1. The second kappa shape index (κ2) is 5.40. The van der Waals surface area contributed by atoms with Crippen LogP contribution in [-0.4, -0.2) is 24.0 Å². The van der Waals surface area contributed by atoms with E-state index in [-0.39, 0.29) is 11.3 Å². The maximum Gasteiger partial charge on any atom is 0.232 e. The molecule has 0 saturated heterocycles. The number of amides is 1. The molecule has 0 spiro atoms. The molecule has 1 aliphatic heterocycles. The van der Waals surface area contributed by atoms with Crippen LogP contribution in [0.2, 0.25) is 0 Å². The van der Waals surface area contributed by atoms with Gasteiger partial charge in [0.05, 0.1) is 5.70 Å². The lowest BCUT2D eigenvalue weighted by Gasteiger charge is -2.37. The average Bonchev–Trinajstić information content (AvgIpc) is 2.73. The minimum atomic E-state index is -0.189. The maximum absolute atomic E-state index is 12.9. The van der Waals surface area contributed by atoms with Crippen molar-refractivity contribution in [2.24, 2.45) is 5.41 Å². The summed E-state index contributed by atoms with van der Waals surface area (Å²) in [6.45, 7) is 11.2. The first-order chi connectivity index (χ1) is 8.99. The molecule has 1 fully saturated rings.